The molecule has 3 rings (SSSR count). The maximum atomic E-state index is 12.4. The fraction of sp³-hybridized carbons (Fsp3) is 0.350. The van der Waals surface area contributed by atoms with Gasteiger partial charge in [-0.2, -0.15) is 0 Å². The minimum absolute atomic E-state index is 0.167. The second-order valence-electron chi connectivity index (χ2n) is 7.03. The number of piperazine rings is 1. The van der Waals surface area contributed by atoms with Crippen molar-refractivity contribution >= 4 is 17.3 Å². The molecule has 1 fully saturated rings. The average molecular weight is 386 g/mol. The van der Waals surface area contributed by atoms with Gasteiger partial charge in [0, 0.05) is 5.56 Å². The Morgan fingerprint density at radius 1 is 1.11 bits per heavy atom. The molecule has 1 amide bonds. The molecule has 2 aromatic carbocycles. The number of carbonyl (C=O) groups is 1. The number of rotatable bonds is 7. The molecule has 0 aliphatic carbocycles. The first kappa shape index (κ1) is 19.8. The van der Waals surface area contributed by atoms with Gasteiger partial charge in [-0.1, -0.05) is 30.3 Å². The molecule has 0 aromatic heterocycles. The number of nitro groups is 1. The molecule has 148 valence electrons. The van der Waals surface area contributed by atoms with E-state index in [-0.39, 0.29) is 17.3 Å². The zero-order valence-electron chi connectivity index (χ0n) is 15.9. The molecule has 1 heterocycles. The zero-order chi connectivity index (χ0) is 19.9. The number of methoxy groups -OCH3 is 1. The summed E-state index contributed by atoms with van der Waals surface area (Å²) in [5, 5.41) is 13.9. The third-order valence-corrected chi connectivity index (χ3v) is 5.05. The number of hydrogen-bond donors (Lipinski definition) is 3. The summed E-state index contributed by atoms with van der Waals surface area (Å²) in [5.74, 6) is 0.169. The molecule has 0 atom stereocenters. The van der Waals surface area contributed by atoms with Gasteiger partial charge in [-0.3, -0.25) is 14.9 Å². The maximum Gasteiger partial charge on any atom is 0.296 e. The van der Waals surface area contributed by atoms with Crippen LogP contribution >= 0.6 is 0 Å². The molecule has 0 unspecified atom stereocenters. The Balaban J connectivity index is 1.50. The number of quaternary nitrogens is 2. The first-order chi connectivity index (χ1) is 13.5. The molecular formula is C20H26N4O4+2. The Labute approximate surface area is 163 Å². The van der Waals surface area contributed by atoms with Crippen molar-refractivity contribution in [1.29, 1.82) is 0 Å². The summed E-state index contributed by atoms with van der Waals surface area (Å²) in [5.41, 5.74) is 1.36. The largest absolute Gasteiger partial charge is 0.496 e. The number of nitro benzene ring substituents is 1. The van der Waals surface area contributed by atoms with Gasteiger partial charge in [0.05, 0.1) is 18.1 Å². The minimum Gasteiger partial charge on any atom is -0.496 e. The van der Waals surface area contributed by atoms with Crippen LogP contribution in [0.2, 0.25) is 0 Å². The molecule has 0 spiro atoms. The highest BCUT2D eigenvalue weighted by molar-refractivity contribution is 5.93. The summed E-state index contributed by atoms with van der Waals surface area (Å²) in [4.78, 5) is 25.8. The van der Waals surface area contributed by atoms with Gasteiger partial charge < -0.3 is 19.9 Å². The first-order valence-corrected chi connectivity index (χ1v) is 9.38. The van der Waals surface area contributed by atoms with Crippen LogP contribution in [-0.2, 0) is 11.3 Å². The fourth-order valence-electron chi connectivity index (χ4n) is 3.51. The summed E-state index contributed by atoms with van der Waals surface area (Å²) in [6.45, 7) is 5.11. The number of ether oxygens (including phenoxy) is 1. The van der Waals surface area contributed by atoms with E-state index >= 15 is 0 Å². The monoisotopic (exact) mass is 386 g/mol. The number of amides is 1. The van der Waals surface area contributed by atoms with Crippen molar-refractivity contribution in [3.05, 3.63) is 64.2 Å². The zero-order valence-corrected chi connectivity index (χ0v) is 15.9. The lowest BCUT2D eigenvalue weighted by molar-refractivity contribution is -1.02. The second kappa shape index (κ2) is 9.29. The van der Waals surface area contributed by atoms with Gasteiger partial charge in [0.2, 0.25) is 0 Å². The Kier molecular flexibility index (Phi) is 6.57. The second-order valence-corrected chi connectivity index (χ2v) is 7.03. The van der Waals surface area contributed by atoms with Crippen LogP contribution in [0.15, 0.2) is 48.5 Å². The van der Waals surface area contributed by atoms with Crippen molar-refractivity contribution in [2.75, 3.05) is 45.2 Å². The van der Waals surface area contributed by atoms with Crippen molar-refractivity contribution in [2.24, 2.45) is 0 Å². The van der Waals surface area contributed by atoms with Crippen LogP contribution < -0.4 is 19.9 Å². The molecule has 0 saturated carbocycles. The first-order valence-electron chi connectivity index (χ1n) is 9.38. The highest BCUT2D eigenvalue weighted by Crippen LogP contribution is 2.28. The molecule has 3 N–H and O–H groups in total. The number of carbonyl (C=O) groups excluding carboxylic acids is 1. The summed E-state index contributed by atoms with van der Waals surface area (Å²) < 4.78 is 5.02. The Morgan fingerprint density at radius 3 is 2.43 bits per heavy atom. The van der Waals surface area contributed by atoms with E-state index in [1.165, 1.54) is 34.6 Å². The van der Waals surface area contributed by atoms with Gasteiger partial charge in [0.25, 0.3) is 11.6 Å². The fourth-order valence-corrected chi connectivity index (χ4v) is 3.51. The van der Waals surface area contributed by atoms with Gasteiger partial charge in [-0.15, -0.1) is 0 Å². The van der Waals surface area contributed by atoms with E-state index in [1.807, 2.05) is 6.07 Å². The lowest BCUT2D eigenvalue weighted by atomic mass is 10.2. The van der Waals surface area contributed by atoms with E-state index in [2.05, 4.69) is 29.6 Å². The summed E-state index contributed by atoms with van der Waals surface area (Å²) in [7, 11) is 1.44. The predicted octanol–water partition coefficient (Wildman–Crippen LogP) is -0.474. The van der Waals surface area contributed by atoms with E-state index < -0.39 is 4.92 Å². The molecule has 2 aromatic rings. The van der Waals surface area contributed by atoms with Crippen molar-refractivity contribution in [1.82, 2.24) is 0 Å². The van der Waals surface area contributed by atoms with E-state index in [0.717, 1.165) is 32.7 Å². The summed E-state index contributed by atoms with van der Waals surface area (Å²) in [6, 6.07) is 14.8. The number of nitrogens with zero attached hydrogens (tertiary/aromatic N) is 1. The minimum atomic E-state index is -0.517. The lowest BCUT2D eigenvalue weighted by Gasteiger charge is -2.29. The Bertz CT molecular complexity index is 820. The Morgan fingerprint density at radius 2 is 1.79 bits per heavy atom. The number of anilines is 1. The highest BCUT2D eigenvalue weighted by atomic mass is 16.6. The molecule has 8 heteroatoms. The molecule has 0 bridgehead atoms. The number of hydrogen-bond acceptors (Lipinski definition) is 4. The summed E-state index contributed by atoms with van der Waals surface area (Å²) in [6.07, 6.45) is 0. The van der Waals surface area contributed by atoms with Crippen LogP contribution in [0.25, 0.3) is 0 Å². The van der Waals surface area contributed by atoms with Crippen LogP contribution in [0, 0.1) is 10.1 Å². The molecular weight excluding hydrogens is 360 g/mol. The highest BCUT2D eigenvalue weighted by Gasteiger charge is 2.26. The molecule has 28 heavy (non-hydrogen) atoms. The lowest BCUT2D eigenvalue weighted by Crippen LogP contribution is -3.28. The average Bonchev–Trinajstić information content (AvgIpc) is 2.70. The predicted molar refractivity (Wildman–Crippen MR) is 105 cm³/mol. The number of nitrogens with one attached hydrogen (secondary N) is 3. The standard InChI is InChI=1S/C20H24N4O4/c1-28-17-7-8-18(19(13-17)24(26)27)21-20(25)15-23-11-9-22(10-12-23)14-16-5-3-2-4-6-16/h2-8,13H,9-12,14-15H2,1H3,(H,21,25)/p+2. The topological polar surface area (TPSA) is 90.3 Å². The van der Waals surface area contributed by atoms with Gasteiger partial charge in [-0.05, 0) is 12.1 Å². The van der Waals surface area contributed by atoms with E-state index in [1.54, 1.807) is 6.07 Å². The van der Waals surface area contributed by atoms with Crippen LogP contribution in [0.4, 0.5) is 11.4 Å². The van der Waals surface area contributed by atoms with Gasteiger partial charge in [-0.25, -0.2) is 0 Å². The van der Waals surface area contributed by atoms with Crippen LogP contribution in [-0.4, -0.2) is 50.7 Å². The van der Waals surface area contributed by atoms with Crippen molar-refractivity contribution in [3.8, 4) is 5.75 Å². The molecule has 8 nitrogen and oxygen atoms in total. The third kappa shape index (κ3) is 5.28. The molecule has 0 radical (unpaired) electrons. The molecule has 1 aliphatic heterocycles. The quantitative estimate of drug-likeness (QED) is 0.443. The smallest absolute Gasteiger partial charge is 0.296 e. The van der Waals surface area contributed by atoms with Crippen molar-refractivity contribution in [3.63, 3.8) is 0 Å². The number of benzene rings is 2. The van der Waals surface area contributed by atoms with E-state index in [9.17, 15) is 14.9 Å². The normalized spacial score (nSPS) is 19.0. The maximum absolute atomic E-state index is 12.4. The third-order valence-electron chi connectivity index (χ3n) is 5.05. The SMILES string of the molecule is COc1ccc(NC(=O)C[NH+]2CC[NH+](Cc3ccccc3)CC2)c([N+](=O)[O-])c1. The molecule has 1 saturated heterocycles. The van der Waals surface area contributed by atoms with Crippen LogP contribution in [0.1, 0.15) is 5.56 Å². The van der Waals surface area contributed by atoms with Gasteiger partial charge in [0.15, 0.2) is 6.54 Å². The van der Waals surface area contributed by atoms with Crippen LogP contribution in [0.3, 0.4) is 0 Å². The van der Waals surface area contributed by atoms with E-state index in [4.69, 9.17) is 4.74 Å². The van der Waals surface area contributed by atoms with Crippen molar-refractivity contribution < 1.29 is 24.3 Å². The van der Waals surface area contributed by atoms with Gasteiger partial charge >= 0.3 is 0 Å². The molecule has 1 aliphatic rings. The van der Waals surface area contributed by atoms with Gasteiger partial charge in [0.1, 0.15) is 44.2 Å². The summed E-state index contributed by atoms with van der Waals surface area (Å²) >= 11 is 0. The van der Waals surface area contributed by atoms with Crippen LogP contribution in [0.5, 0.6) is 5.75 Å². The van der Waals surface area contributed by atoms with E-state index in [0.29, 0.717) is 12.3 Å². The Hall–Kier alpha value is -2.97. The van der Waals surface area contributed by atoms with Crippen molar-refractivity contribution in [2.45, 2.75) is 6.54 Å².